The molecule has 21 heavy (non-hydrogen) atoms. The summed E-state index contributed by atoms with van der Waals surface area (Å²) in [7, 11) is -3.18. The van der Waals surface area contributed by atoms with E-state index in [-0.39, 0.29) is 11.9 Å². The Morgan fingerprint density at radius 3 is 2.62 bits per heavy atom. The first-order valence-electron chi connectivity index (χ1n) is 6.56. The molecule has 114 valence electrons. The molecule has 2 rings (SSSR count). The van der Waals surface area contributed by atoms with Gasteiger partial charge in [0.15, 0.2) is 5.69 Å². The number of carboxylic acids is 1. The molecule has 0 aliphatic rings. The molecule has 0 spiro atoms. The van der Waals surface area contributed by atoms with Crippen molar-refractivity contribution >= 4 is 19.2 Å². The fraction of sp³-hybridized carbons (Fsp3) is 0.385. The van der Waals surface area contributed by atoms with Crippen molar-refractivity contribution in [2.45, 2.75) is 20.0 Å². The topological polar surface area (TPSA) is 90.1 Å². The summed E-state index contributed by atoms with van der Waals surface area (Å²) >= 11 is 0. The summed E-state index contributed by atoms with van der Waals surface area (Å²) in [4.78, 5) is 14.9. The van der Waals surface area contributed by atoms with Gasteiger partial charge in [-0.25, -0.2) is 9.78 Å². The summed E-state index contributed by atoms with van der Waals surface area (Å²) in [5.41, 5.74) is 1.16. The highest BCUT2D eigenvalue weighted by molar-refractivity contribution is 7.53. The maximum Gasteiger partial charge on any atom is 0.356 e. The molecule has 0 atom stereocenters. The molecule has 0 aliphatic heterocycles. The van der Waals surface area contributed by atoms with E-state index in [0.29, 0.717) is 18.9 Å². The largest absolute Gasteiger partial charge is 0.476 e. The van der Waals surface area contributed by atoms with Gasteiger partial charge in [0.1, 0.15) is 5.65 Å². The Morgan fingerprint density at radius 1 is 1.38 bits per heavy atom. The average Bonchev–Trinajstić information content (AvgIpc) is 2.82. The van der Waals surface area contributed by atoms with Crippen LogP contribution in [0.2, 0.25) is 0 Å². The highest BCUT2D eigenvalue weighted by Gasteiger charge is 2.24. The lowest BCUT2D eigenvalue weighted by molar-refractivity contribution is 0.0691. The first-order valence-corrected chi connectivity index (χ1v) is 8.29. The van der Waals surface area contributed by atoms with Crippen LogP contribution >= 0.6 is 7.60 Å². The maximum absolute atomic E-state index is 12.5. The van der Waals surface area contributed by atoms with E-state index in [1.807, 2.05) is 0 Å². The monoisotopic (exact) mass is 312 g/mol. The van der Waals surface area contributed by atoms with Crippen LogP contribution in [0, 0.1) is 0 Å². The SMILES string of the molecule is CCOP(=O)(Cc1ccn2cc(C(=O)O)nc2c1)OCC. The van der Waals surface area contributed by atoms with Crippen molar-refractivity contribution in [3.63, 3.8) is 0 Å². The molecule has 2 heterocycles. The van der Waals surface area contributed by atoms with Gasteiger partial charge in [-0.2, -0.15) is 0 Å². The quantitative estimate of drug-likeness (QED) is 0.791. The van der Waals surface area contributed by atoms with Crippen LogP contribution in [0.3, 0.4) is 0 Å². The van der Waals surface area contributed by atoms with Crippen LogP contribution in [0.25, 0.3) is 5.65 Å². The lowest BCUT2D eigenvalue weighted by Gasteiger charge is -2.16. The van der Waals surface area contributed by atoms with E-state index < -0.39 is 13.6 Å². The van der Waals surface area contributed by atoms with Crippen LogP contribution in [0.15, 0.2) is 24.5 Å². The van der Waals surface area contributed by atoms with Crippen LogP contribution in [0.5, 0.6) is 0 Å². The van der Waals surface area contributed by atoms with Gasteiger partial charge in [-0.05, 0) is 31.5 Å². The van der Waals surface area contributed by atoms with E-state index in [0.717, 1.165) is 5.56 Å². The molecule has 1 N–H and O–H groups in total. The first kappa shape index (κ1) is 15.7. The van der Waals surface area contributed by atoms with Crippen molar-refractivity contribution < 1.29 is 23.5 Å². The standard InChI is InChI=1S/C13H17N2O5P/c1-3-19-21(18,20-4-2)9-10-5-6-15-8-11(13(16)17)14-12(15)7-10/h5-8H,3-4,9H2,1-2H3,(H,16,17). The van der Waals surface area contributed by atoms with Gasteiger partial charge in [-0.3, -0.25) is 4.57 Å². The zero-order valence-corrected chi connectivity index (χ0v) is 12.7. The van der Waals surface area contributed by atoms with Gasteiger partial charge in [0.05, 0.1) is 19.4 Å². The first-order chi connectivity index (χ1) is 9.97. The van der Waals surface area contributed by atoms with Crippen LogP contribution < -0.4 is 0 Å². The van der Waals surface area contributed by atoms with Gasteiger partial charge >= 0.3 is 13.6 Å². The zero-order valence-electron chi connectivity index (χ0n) is 11.9. The van der Waals surface area contributed by atoms with E-state index in [1.165, 1.54) is 6.20 Å². The molecule has 0 saturated carbocycles. The Labute approximate surface area is 122 Å². The molecule has 0 aromatic carbocycles. The summed E-state index contributed by atoms with van der Waals surface area (Å²) in [6.07, 6.45) is 3.22. The number of aromatic carboxylic acids is 1. The van der Waals surface area contributed by atoms with Gasteiger partial charge in [0, 0.05) is 12.4 Å². The fourth-order valence-corrected chi connectivity index (χ4v) is 3.66. The molecule has 0 bridgehead atoms. The van der Waals surface area contributed by atoms with Crippen LogP contribution in [0.4, 0.5) is 0 Å². The summed E-state index contributed by atoms with van der Waals surface area (Å²) in [5, 5.41) is 8.92. The summed E-state index contributed by atoms with van der Waals surface area (Å²) in [5.74, 6) is -1.09. The van der Waals surface area contributed by atoms with Crippen molar-refractivity contribution in [1.29, 1.82) is 0 Å². The van der Waals surface area contributed by atoms with Gasteiger partial charge < -0.3 is 18.6 Å². The number of hydrogen-bond acceptors (Lipinski definition) is 5. The molecule has 7 nitrogen and oxygen atoms in total. The molecule has 0 aliphatic carbocycles. The number of aromatic nitrogens is 2. The molecule has 0 radical (unpaired) electrons. The van der Waals surface area contributed by atoms with Crippen molar-refractivity contribution in [3.8, 4) is 0 Å². The Bertz CT molecular complexity index is 687. The third kappa shape index (κ3) is 3.69. The number of carbonyl (C=O) groups is 1. The molecular formula is C13H17N2O5P. The van der Waals surface area contributed by atoms with Crippen molar-refractivity contribution in [3.05, 3.63) is 35.8 Å². The minimum absolute atomic E-state index is 0.0371. The van der Waals surface area contributed by atoms with Gasteiger partial charge in [0.2, 0.25) is 0 Å². The smallest absolute Gasteiger partial charge is 0.356 e. The minimum Gasteiger partial charge on any atom is -0.476 e. The number of carboxylic acid groups (broad SMARTS) is 1. The van der Waals surface area contributed by atoms with E-state index in [2.05, 4.69) is 4.98 Å². The van der Waals surface area contributed by atoms with E-state index in [9.17, 15) is 9.36 Å². The lowest BCUT2D eigenvalue weighted by Crippen LogP contribution is -1.99. The highest BCUT2D eigenvalue weighted by atomic mass is 31.2. The number of nitrogens with zero attached hydrogens (tertiary/aromatic N) is 2. The van der Waals surface area contributed by atoms with Crippen LogP contribution in [-0.2, 0) is 19.8 Å². The molecular weight excluding hydrogens is 295 g/mol. The number of imidazole rings is 1. The predicted octanol–water partition coefficient (Wildman–Crippen LogP) is 2.80. The number of rotatable bonds is 7. The number of fused-ring (bicyclic) bond motifs is 1. The number of hydrogen-bond donors (Lipinski definition) is 1. The molecule has 0 saturated heterocycles. The second-order valence-electron chi connectivity index (χ2n) is 4.34. The molecule has 2 aromatic heterocycles. The zero-order chi connectivity index (χ0) is 15.5. The van der Waals surface area contributed by atoms with Crippen LogP contribution in [0.1, 0.15) is 29.9 Å². The Balaban J connectivity index is 2.29. The van der Waals surface area contributed by atoms with E-state index in [1.54, 1.807) is 36.6 Å². The van der Waals surface area contributed by atoms with E-state index >= 15 is 0 Å². The van der Waals surface area contributed by atoms with Crippen molar-refractivity contribution in [1.82, 2.24) is 9.38 Å². The predicted molar refractivity (Wildman–Crippen MR) is 76.7 cm³/mol. The van der Waals surface area contributed by atoms with Gasteiger partial charge in [-0.1, -0.05) is 0 Å². The molecule has 0 fully saturated rings. The maximum atomic E-state index is 12.5. The third-order valence-electron chi connectivity index (χ3n) is 2.77. The molecule has 0 amide bonds. The van der Waals surface area contributed by atoms with Crippen molar-refractivity contribution in [2.24, 2.45) is 0 Å². The fourth-order valence-electron chi connectivity index (χ4n) is 1.97. The van der Waals surface area contributed by atoms with Gasteiger partial charge in [-0.15, -0.1) is 0 Å². The molecule has 0 unspecified atom stereocenters. The molecule has 8 heteroatoms. The molecule has 2 aromatic rings. The summed E-state index contributed by atoms with van der Waals surface area (Å²) in [6.45, 7) is 4.10. The number of pyridine rings is 1. The normalized spacial score (nSPS) is 11.9. The van der Waals surface area contributed by atoms with E-state index in [4.69, 9.17) is 14.2 Å². The highest BCUT2D eigenvalue weighted by Crippen LogP contribution is 2.51. The van der Waals surface area contributed by atoms with Crippen molar-refractivity contribution in [2.75, 3.05) is 13.2 Å². The Kier molecular flexibility index (Phi) is 4.77. The Hall–Kier alpha value is -1.69. The second kappa shape index (κ2) is 6.39. The minimum atomic E-state index is -3.18. The van der Waals surface area contributed by atoms with Crippen LogP contribution in [-0.4, -0.2) is 33.7 Å². The Morgan fingerprint density at radius 2 is 2.05 bits per heavy atom. The van der Waals surface area contributed by atoms with Gasteiger partial charge in [0.25, 0.3) is 0 Å². The lowest BCUT2D eigenvalue weighted by atomic mass is 10.3. The third-order valence-corrected chi connectivity index (χ3v) is 4.83. The average molecular weight is 312 g/mol. The summed E-state index contributed by atoms with van der Waals surface area (Å²) < 4.78 is 24.5. The second-order valence-corrected chi connectivity index (χ2v) is 6.39. The summed E-state index contributed by atoms with van der Waals surface area (Å²) in [6, 6.07) is 3.42.